The first-order chi connectivity index (χ1) is 4.60. The summed E-state index contributed by atoms with van der Waals surface area (Å²) in [7, 11) is 0. The van der Waals surface area contributed by atoms with Crippen LogP contribution < -0.4 is 5.73 Å². The number of carboxylic acid groups (broad SMARTS) is 1. The summed E-state index contributed by atoms with van der Waals surface area (Å²) in [6.45, 7) is 0. The molecule has 5 heteroatoms. The molecule has 0 aromatic heterocycles. The molecule has 0 heterocycles. The van der Waals surface area contributed by atoms with Gasteiger partial charge in [-0.2, -0.15) is 0 Å². The van der Waals surface area contributed by atoms with Crippen molar-refractivity contribution in [1.82, 2.24) is 0 Å². The van der Waals surface area contributed by atoms with Crippen molar-refractivity contribution in [3.63, 3.8) is 0 Å². The van der Waals surface area contributed by atoms with Gasteiger partial charge >= 0.3 is 5.97 Å². The Morgan fingerprint density at radius 2 is 2.18 bits per heavy atom. The van der Waals surface area contributed by atoms with Crippen LogP contribution in [0.5, 0.6) is 0 Å². The van der Waals surface area contributed by atoms with Crippen molar-refractivity contribution in [3.8, 4) is 0 Å². The van der Waals surface area contributed by atoms with Gasteiger partial charge in [0.05, 0.1) is 0 Å². The van der Waals surface area contributed by atoms with E-state index in [1.54, 1.807) is 0 Å². The average Bonchev–Trinajstić information content (AvgIpc) is 1.79. The summed E-state index contributed by atoms with van der Waals surface area (Å²) in [6.07, 6.45) is 3.05. The molecule has 66 valence electrons. The minimum absolute atomic E-state index is 0. The molecule has 3 N–H and O–H groups in total. The van der Waals surface area contributed by atoms with Gasteiger partial charge in [-0.15, -0.1) is 24.2 Å². The number of hydrogen-bond acceptors (Lipinski definition) is 3. The molecule has 1 fully saturated rings. The highest BCUT2D eigenvalue weighted by atomic mass is 35.5. The molecule has 0 aliphatic heterocycles. The number of carboxylic acids is 1. The van der Waals surface area contributed by atoms with E-state index < -0.39 is 10.7 Å². The molecule has 1 rings (SSSR count). The van der Waals surface area contributed by atoms with Gasteiger partial charge in [0.1, 0.15) is 4.75 Å². The highest BCUT2D eigenvalue weighted by Crippen LogP contribution is 2.42. The van der Waals surface area contributed by atoms with Gasteiger partial charge < -0.3 is 10.8 Å². The number of halogens is 1. The largest absolute Gasteiger partial charge is 0.480 e. The van der Waals surface area contributed by atoms with Crippen molar-refractivity contribution in [3.05, 3.63) is 0 Å². The van der Waals surface area contributed by atoms with Crippen LogP contribution >= 0.6 is 24.2 Å². The Kier molecular flexibility index (Phi) is 3.67. The quantitative estimate of drug-likeness (QED) is 0.685. The highest BCUT2D eigenvalue weighted by molar-refractivity contribution is 8.00. The second kappa shape index (κ2) is 3.65. The van der Waals surface area contributed by atoms with Gasteiger partial charge in [0, 0.05) is 6.04 Å². The molecule has 0 saturated heterocycles. The standard InChI is InChI=1S/C6H11NO2S.ClH/c1-10-6(5(8)9)2-4(7)3-6;/h4H,2-3,7H2,1H3,(H,8,9);1H. The van der Waals surface area contributed by atoms with Crippen molar-refractivity contribution in [1.29, 1.82) is 0 Å². The SMILES string of the molecule is CSC1(C(=O)O)CC(N)C1.Cl. The van der Waals surface area contributed by atoms with Crippen LogP contribution in [-0.4, -0.2) is 28.1 Å². The molecule has 0 spiro atoms. The Bertz CT molecular complexity index is 159. The predicted molar refractivity (Wildman–Crippen MR) is 48.3 cm³/mol. The average molecular weight is 198 g/mol. The maximum Gasteiger partial charge on any atom is 0.319 e. The second-order valence-corrected chi connectivity index (χ2v) is 3.86. The van der Waals surface area contributed by atoms with Crippen molar-refractivity contribution in [2.45, 2.75) is 23.6 Å². The Balaban J connectivity index is 0.000001000. The molecular formula is C6H12ClNO2S. The third-order valence-corrected chi connectivity index (χ3v) is 3.25. The van der Waals surface area contributed by atoms with Crippen molar-refractivity contribution in [2.24, 2.45) is 5.73 Å². The van der Waals surface area contributed by atoms with Gasteiger partial charge in [0.15, 0.2) is 0 Å². The van der Waals surface area contributed by atoms with Gasteiger partial charge in [-0.3, -0.25) is 4.79 Å². The monoisotopic (exact) mass is 197 g/mol. The first-order valence-corrected chi connectivity index (χ1v) is 4.37. The first kappa shape index (κ1) is 11.1. The van der Waals surface area contributed by atoms with Crippen LogP contribution in [0, 0.1) is 0 Å². The number of nitrogens with two attached hydrogens (primary N) is 1. The zero-order valence-corrected chi connectivity index (χ0v) is 7.87. The van der Waals surface area contributed by atoms with E-state index in [0.717, 1.165) is 0 Å². The van der Waals surface area contributed by atoms with E-state index in [1.807, 2.05) is 6.26 Å². The van der Waals surface area contributed by atoms with Crippen molar-refractivity contribution < 1.29 is 9.90 Å². The number of thioether (sulfide) groups is 1. The topological polar surface area (TPSA) is 63.3 Å². The lowest BCUT2D eigenvalue weighted by atomic mass is 9.80. The molecule has 1 aliphatic rings. The molecule has 0 radical (unpaired) electrons. The Labute approximate surface area is 76.1 Å². The summed E-state index contributed by atoms with van der Waals surface area (Å²) in [6, 6.07) is 0.101. The Hall–Kier alpha value is 0.0700. The van der Waals surface area contributed by atoms with E-state index in [9.17, 15) is 4.79 Å². The third-order valence-electron chi connectivity index (χ3n) is 1.96. The summed E-state index contributed by atoms with van der Waals surface area (Å²) in [5, 5.41) is 8.73. The van der Waals surface area contributed by atoms with Gasteiger partial charge in [-0.05, 0) is 19.1 Å². The molecule has 0 atom stereocenters. The number of rotatable bonds is 2. The normalized spacial score (nSPS) is 35.3. The molecule has 0 amide bonds. The Morgan fingerprint density at radius 1 is 1.73 bits per heavy atom. The van der Waals surface area contributed by atoms with E-state index in [1.165, 1.54) is 11.8 Å². The third kappa shape index (κ3) is 1.80. The lowest BCUT2D eigenvalue weighted by molar-refractivity contribution is -0.142. The van der Waals surface area contributed by atoms with E-state index in [-0.39, 0.29) is 18.4 Å². The van der Waals surface area contributed by atoms with Crippen LogP contribution in [0.25, 0.3) is 0 Å². The van der Waals surface area contributed by atoms with Gasteiger partial charge in [-0.1, -0.05) is 0 Å². The molecule has 0 unspecified atom stereocenters. The van der Waals surface area contributed by atoms with Crippen LogP contribution in [0.15, 0.2) is 0 Å². The lowest BCUT2D eigenvalue weighted by Gasteiger charge is -2.40. The maximum absolute atomic E-state index is 10.6. The summed E-state index contributed by atoms with van der Waals surface area (Å²) in [5.41, 5.74) is 5.49. The second-order valence-electron chi connectivity index (χ2n) is 2.67. The van der Waals surface area contributed by atoms with Crippen molar-refractivity contribution >= 4 is 30.1 Å². The number of carbonyl (C=O) groups is 1. The molecular weight excluding hydrogens is 186 g/mol. The van der Waals surface area contributed by atoms with E-state index in [0.29, 0.717) is 12.8 Å². The van der Waals surface area contributed by atoms with Gasteiger partial charge in [-0.25, -0.2) is 0 Å². The lowest BCUT2D eigenvalue weighted by Crippen LogP contribution is -2.54. The maximum atomic E-state index is 10.6. The van der Waals surface area contributed by atoms with Crippen LogP contribution in [0.2, 0.25) is 0 Å². The van der Waals surface area contributed by atoms with Crippen molar-refractivity contribution in [2.75, 3.05) is 6.26 Å². The van der Waals surface area contributed by atoms with Gasteiger partial charge in [0.2, 0.25) is 0 Å². The van der Waals surface area contributed by atoms with Crippen LogP contribution in [-0.2, 0) is 4.79 Å². The molecule has 0 bridgehead atoms. The fraction of sp³-hybridized carbons (Fsp3) is 0.833. The molecule has 1 aliphatic carbocycles. The van der Waals surface area contributed by atoms with E-state index >= 15 is 0 Å². The van der Waals surface area contributed by atoms with E-state index in [4.69, 9.17) is 10.8 Å². The summed E-state index contributed by atoms with van der Waals surface area (Å²) < 4.78 is -0.556. The van der Waals surface area contributed by atoms with E-state index in [2.05, 4.69) is 0 Å². The Morgan fingerprint density at radius 3 is 2.27 bits per heavy atom. The highest BCUT2D eigenvalue weighted by Gasteiger charge is 2.48. The molecule has 3 nitrogen and oxygen atoms in total. The summed E-state index contributed by atoms with van der Waals surface area (Å²) >= 11 is 1.39. The molecule has 0 aromatic carbocycles. The minimum atomic E-state index is -0.721. The van der Waals surface area contributed by atoms with Crippen LogP contribution in [0.4, 0.5) is 0 Å². The fourth-order valence-corrected chi connectivity index (χ4v) is 2.15. The predicted octanol–water partition coefficient (Wildman–Crippen LogP) is 0.716. The van der Waals surface area contributed by atoms with Crippen LogP contribution in [0.1, 0.15) is 12.8 Å². The first-order valence-electron chi connectivity index (χ1n) is 3.15. The zero-order valence-electron chi connectivity index (χ0n) is 6.24. The fourth-order valence-electron chi connectivity index (χ4n) is 1.22. The number of hydrogen-bond donors (Lipinski definition) is 2. The zero-order chi connectivity index (χ0) is 7.78. The minimum Gasteiger partial charge on any atom is -0.480 e. The van der Waals surface area contributed by atoms with Crippen LogP contribution in [0.3, 0.4) is 0 Å². The van der Waals surface area contributed by atoms with Gasteiger partial charge in [0.25, 0.3) is 0 Å². The smallest absolute Gasteiger partial charge is 0.319 e. The molecule has 0 aromatic rings. The summed E-state index contributed by atoms with van der Waals surface area (Å²) in [5.74, 6) is -0.721. The molecule has 1 saturated carbocycles. The molecule has 11 heavy (non-hydrogen) atoms. The number of aliphatic carboxylic acids is 1. The summed E-state index contributed by atoms with van der Waals surface area (Å²) in [4.78, 5) is 10.6.